The smallest absolute Gasteiger partial charge is 0.326 e. The summed E-state index contributed by atoms with van der Waals surface area (Å²) < 4.78 is 1.40. The van der Waals surface area contributed by atoms with Crippen LogP contribution in [0, 0.1) is 0 Å². The second-order valence-corrected chi connectivity index (χ2v) is 8.55. The minimum absolute atomic E-state index is 0.0468. The van der Waals surface area contributed by atoms with Crippen LogP contribution in [0.5, 0.6) is 0 Å². The summed E-state index contributed by atoms with van der Waals surface area (Å²) in [6.07, 6.45) is 1.92. The van der Waals surface area contributed by atoms with Crippen molar-refractivity contribution in [3.05, 3.63) is 57.8 Å². The normalized spacial score (nSPS) is 12.3. The summed E-state index contributed by atoms with van der Waals surface area (Å²) in [5.41, 5.74) is 1.56. The van der Waals surface area contributed by atoms with Gasteiger partial charge in [-0.05, 0) is 23.1 Å². The Morgan fingerprint density at radius 1 is 1.30 bits per heavy atom. The summed E-state index contributed by atoms with van der Waals surface area (Å²) in [5, 5.41) is 15.8. The highest BCUT2D eigenvalue weighted by Gasteiger charge is 2.22. The fraction of sp³-hybridized carbons (Fsp3) is 0.200. The molecule has 0 unspecified atom stereocenters. The minimum Gasteiger partial charge on any atom is -0.480 e. The molecule has 0 aliphatic carbocycles. The van der Waals surface area contributed by atoms with E-state index in [0.29, 0.717) is 15.4 Å². The van der Waals surface area contributed by atoms with Gasteiger partial charge in [-0.1, -0.05) is 30.0 Å². The van der Waals surface area contributed by atoms with E-state index in [0.717, 1.165) is 28.2 Å². The number of nitrogens with one attached hydrogen (secondary N) is 2. The van der Waals surface area contributed by atoms with E-state index in [2.05, 4.69) is 15.3 Å². The van der Waals surface area contributed by atoms with E-state index < -0.39 is 17.9 Å². The molecule has 0 bridgehead atoms. The molecule has 1 amide bonds. The number of amides is 1. The van der Waals surface area contributed by atoms with Crippen molar-refractivity contribution in [3.63, 3.8) is 0 Å². The van der Waals surface area contributed by atoms with Gasteiger partial charge in [0, 0.05) is 30.6 Å². The zero-order valence-electron chi connectivity index (χ0n) is 15.9. The number of carboxylic acid groups (broad SMARTS) is 1. The largest absolute Gasteiger partial charge is 0.480 e. The average molecular weight is 443 g/mol. The number of H-pyrrole nitrogens is 1. The Morgan fingerprint density at radius 2 is 2.10 bits per heavy atom. The number of carbonyl (C=O) groups excluding carboxylic acids is 1. The minimum atomic E-state index is -1.11. The molecule has 0 saturated carbocycles. The van der Waals surface area contributed by atoms with Gasteiger partial charge in [0.05, 0.1) is 11.1 Å². The van der Waals surface area contributed by atoms with Crippen molar-refractivity contribution >= 4 is 56.1 Å². The Hall–Kier alpha value is -3.11. The Kier molecular flexibility index (Phi) is 5.60. The maximum atomic E-state index is 12.4. The fourth-order valence-corrected chi connectivity index (χ4v) is 4.78. The van der Waals surface area contributed by atoms with Crippen molar-refractivity contribution < 1.29 is 14.7 Å². The number of rotatable bonds is 7. The van der Waals surface area contributed by atoms with Gasteiger partial charge in [0.2, 0.25) is 5.91 Å². The number of nitrogens with zero attached hydrogens (tertiary/aromatic N) is 2. The predicted octanol–water partition coefficient (Wildman–Crippen LogP) is 2.38. The van der Waals surface area contributed by atoms with E-state index in [1.165, 1.54) is 15.9 Å². The Bertz CT molecular complexity index is 1310. The van der Waals surface area contributed by atoms with Crippen LogP contribution in [0.15, 0.2) is 51.9 Å². The summed E-state index contributed by atoms with van der Waals surface area (Å²) >= 11 is 2.46. The molecule has 1 aromatic carbocycles. The lowest BCUT2D eigenvalue weighted by molar-refractivity contribution is -0.141. The number of carboxylic acids is 1. The zero-order valence-corrected chi connectivity index (χ0v) is 17.5. The van der Waals surface area contributed by atoms with Gasteiger partial charge >= 0.3 is 5.97 Å². The third kappa shape index (κ3) is 3.96. The third-order valence-corrected chi connectivity index (χ3v) is 6.57. The monoisotopic (exact) mass is 442 g/mol. The van der Waals surface area contributed by atoms with E-state index in [-0.39, 0.29) is 17.7 Å². The van der Waals surface area contributed by atoms with Crippen molar-refractivity contribution in [1.82, 2.24) is 19.9 Å². The second-order valence-electron chi connectivity index (χ2n) is 6.71. The maximum Gasteiger partial charge on any atom is 0.326 e. The van der Waals surface area contributed by atoms with Gasteiger partial charge in [-0.25, -0.2) is 9.78 Å². The lowest BCUT2D eigenvalue weighted by Gasteiger charge is -2.14. The fourth-order valence-electron chi connectivity index (χ4n) is 3.20. The standard InChI is InChI=1S/C20H18N4O4S2/c1-24-18(26)13-6-7-29-17(13)23-20(24)30-10-16(25)22-15(19(27)28)8-11-9-21-14-5-3-2-4-12(11)14/h2-7,9,15,21H,8,10H2,1H3,(H,22,25)(H,27,28)/t15-/m0/s1. The van der Waals surface area contributed by atoms with Crippen molar-refractivity contribution in [1.29, 1.82) is 0 Å². The van der Waals surface area contributed by atoms with E-state index in [1.54, 1.807) is 24.7 Å². The number of thioether (sulfide) groups is 1. The van der Waals surface area contributed by atoms with Crippen LogP contribution in [0.2, 0.25) is 0 Å². The number of aromatic nitrogens is 3. The van der Waals surface area contributed by atoms with E-state index in [9.17, 15) is 19.5 Å². The number of aromatic amines is 1. The van der Waals surface area contributed by atoms with Gasteiger partial charge in [-0.15, -0.1) is 11.3 Å². The molecule has 4 rings (SSSR count). The Balaban J connectivity index is 1.44. The molecule has 0 aliphatic rings. The summed E-state index contributed by atoms with van der Waals surface area (Å²) in [4.78, 5) is 44.6. The van der Waals surface area contributed by atoms with Gasteiger partial charge in [0.15, 0.2) is 5.16 Å². The predicted molar refractivity (Wildman–Crippen MR) is 117 cm³/mol. The molecule has 30 heavy (non-hydrogen) atoms. The molecule has 1 atom stereocenters. The van der Waals surface area contributed by atoms with Gasteiger partial charge in [0.1, 0.15) is 10.9 Å². The third-order valence-electron chi connectivity index (χ3n) is 4.73. The molecule has 3 heterocycles. The van der Waals surface area contributed by atoms with Crippen LogP contribution in [0.3, 0.4) is 0 Å². The van der Waals surface area contributed by atoms with Crippen LogP contribution < -0.4 is 10.9 Å². The van der Waals surface area contributed by atoms with E-state index in [4.69, 9.17) is 0 Å². The van der Waals surface area contributed by atoms with Gasteiger partial charge < -0.3 is 15.4 Å². The quantitative estimate of drug-likeness (QED) is 0.299. The summed E-state index contributed by atoms with van der Waals surface area (Å²) in [5.74, 6) is -1.59. The molecule has 154 valence electrons. The summed E-state index contributed by atoms with van der Waals surface area (Å²) in [6.45, 7) is 0. The topological polar surface area (TPSA) is 117 Å². The highest BCUT2D eigenvalue weighted by molar-refractivity contribution is 7.99. The number of hydrogen-bond acceptors (Lipinski definition) is 6. The molecular weight excluding hydrogens is 424 g/mol. The molecule has 0 radical (unpaired) electrons. The lowest BCUT2D eigenvalue weighted by atomic mass is 10.1. The molecule has 3 aromatic heterocycles. The number of thiophene rings is 1. The Morgan fingerprint density at radius 3 is 2.90 bits per heavy atom. The van der Waals surface area contributed by atoms with Gasteiger partial charge in [0.25, 0.3) is 5.56 Å². The first-order valence-corrected chi connectivity index (χ1v) is 10.9. The summed E-state index contributed by atoms with van der Waals surface area (Å²) in [7, 11) is 1.60. The molecular formula is C20H18N4O4S2. The first-order valence-electron chi connectivity index (χ1n) is 9.08. The maximum absolute atomic E-state index is 12.4. The van der Waals surface area contributed by atoms with Crippen LogP contribution >= 0.6 is 23.1 Å². The molecule has 0 fully saturated rings. The lowest BCUT2D eigenvalue weighted by Crippen LogP contribution is -2.43. The number of hydrogen-bond donors (Lipinski definition) is 3. The van der Waals surface area contributed by atoms with Crippen molar-refractivity contribution in [3.8, 4) is 0 Å². The van der Waals surface area contributed by atoms with E-state index in [1.807, 2.05) is 24.3 Å². The molecule has 3 N–H and O–H groups in total. The molecule has 4 aromatic rings. The average Bonchev–Trinajstić information content (AvgIpc) is 3.36. The molecule has 10 heteroatoms. The van der Waals surface area contributed by atoms with Crippen LogP contribution in [0.4, 0.5) is 0 Å². The molecule has 0 aliphatic heterocycles. The zero-order chi connectivity index (χ0) is 21.3. The number of para-hydroxylation sites is 1. The van der Waals surface area contributed by atoms with Crippen molar-refractivity contribution in [2.75, 3.05) is 5.75 Å². The number of carbonyl (C=O) groups is 2. The first-order chi connectivity index (χ1) is 14.4. The number of aliphatic carboxylic acids is 1. The van der Waals surface area contributed by atoms with Crippen molar-refractivity contribution in [2.45, 2.75) is 17.6 Å². The SMILES string of the molecule is Cn1c(SCC(=O)N[C@@H](Cc2c[nH]c3ccccc23)C(=O)O)nc2sccc2c1=O. The molecule has 0 saturated heterocycles. The number of benzene rings is 1. The van der Waals surface area contributed by atoms with Crippen LogP contribution in [0.1, 0.15) is 5.56 Å². The van der Waals surface area contributed by atoms with Gasteiger partial charge in [-0.2, -0.15) is 0 Å². The summed E-state index contributed by atoms with van der Waals surface area (Å²) in [6, 6.07) is 8.25. The molecule has 8 nitrogen and oxygen atoms in total. The van der Waals surface area contributed by atoms with Gasteiger partial charge in [-0.3, -0.25) is 14.2 Å². The van der Waals surface area contributed by atoms with E-state index >= 15 is 0 Å². The number of fused-ring (bicyclic) bond motifs is 2. The molecule has 0 spiro atoms. The Labute approximate surface area is 178 Å². The van der Waals surface area contributed by atoms with Crippen LogP contribution in [-0.2, 0) is 23.1 Å². The second kappa shape index (κ2) is 8.33. The van der Waals surface area contributed by atoms with Crippen molar-refractivity contribution in [2.24, 2.45) is 7.05 Å². The van der Waals surface area contributed by atoms with Crippen LogP contribution in [0.25, 0.3) is 21.1 Å². The first kappa shape index (κ1) is 20.2. The van der Waals surface area contributed by atoms with Crippen LogP contribution in [-0.4, -0.2) is 43.3 Å². The highest BCUT2D eigenvalue weighted by Crippen LogP contribution is 2.21. The highest BCUT2D eigenvalue weighted by atomic mass is 32.2.